The molecule has 2 atom stereocenters. The highest BCUT2D eigenvalue weighted by molar-refractivity contribution is 14.0. The lowest BCUT2D eigenvalue weighted by Crippen LogP contribution is -2.39. The van der Waals surface area contributed by atoms with Gasteiger partial charge in [0.25, 0.3) is 0 Å². The molecule has 2 unspecified atom stereocenters. The number of aliphatic imine (C=N–C) groups is 1. The smallest absolute Gasteiger partial charge is 0.191 e. The van der Waals surface area contributed by atoms with Gasteiger partial charge in [0.2, 0.25) is 0 Å². The molecule has 3 nitrogen and oxygen atoms in total. The molecular weight excluding hydrogens is 369 g/mol. The van der Waals surface area contributed by atoms with Crippen LogP contribution in [0.15, 0.2) is 4.99 Å². The molecule has 1 rings (SSSR count). The van der Waals surface area contributed by atoms with Gasteiger partial charge in [-0.2, -0.15) is 11.8 Å². The highest BCUT2D eigenvalue weighted by atomic mass is 127. The summed E-state index contributed by atoms with van der Waals surface area (Å²) in [4.78, 5) is 4.65. The molecule has 0 heterocycles. The van der Waals surface area contributed by atoms with Gasteiger partial charge in [0.05, 0.1) is 0 Å². The van der Waals surface area contributed by atoms with Crippen molar-refractivity contribution in [3.63, 3.8) is 0 Å². The average Bonchev–Trinajstić information content (AvgIpc) is 3.08. The molecule has 5 heteroatoms. The van der Waals surface area contributed by atoms with E-state index in [0.29, 0.717) is 6.04 Å². The fourth-order valence-corrected chi connectivity index (χ4v) is 2.65. The van der Waals surface area contributed by atoms with E-state index >= 15 is 0 Å². The van der Waals surface area contributed by atoms with Gasteiger partial charge in [0.1, 0.15) is 0 Å². The molecule has 0 spiro atoms. The van der Waals surface area contributed by atoms with E-state index < -0.39 is 0 Å². The minimum atomic E-state index is 0. The predicted octanol–water partition coefficient (Wildman–Crippen LogP) is 3.49. The van der Waals surface area contributed by atoms with Gasteiger partial charge in [-0.15, -0.1) is 24.0 Å². The normalized spacial score (nSPS) is 21.7. The van der Waals surface area contributed by atoms with Crippen molar-refractivity contribution in [1.82, 2.24) is 10.6 Å². The summed E-state index contributed by atoms with van der Waals surface area (Å²) in [6, 6.07) is 0.675. The fourth-order valence-electron chi connectivity index (χ4n) is 2.16. The van der Waals surface area contributed by atoms with Gasteiger partial charge in [-0.3, -0.25) is 4.99 Å². The molecule has 0 aliphatic heterocycles. The Kier molecular flexibility index (Phi) is 12.3. The van der Waals surface area contributed by atoms with Crippen LogP contribution in [0.4, 0.5) is 0 Å². The molecule has 0 aromatic carbocycles. The first-order valence-electron chi connectivity index (χ1n) is 7.35. The molecule has 0 amide bonds. The number of guanidine groups is 1. The largest absolute Gasteiger partial charge is 0.357 e. The molecule has 1 fully saturated rings. The molecular formula is C14H30IN3S. The number of unbranched alkanes of at least 4 members (excludes halogenated alkanes) is 1. The highest BCUT2D eigenvalue weighted by Gasteiger charge is 2.36. The molecule has 0 bridgehead atoms. The summed E-state index contributed by atoms with van der Waals surface area (Å²) in [7, 11) is 0. The first-order valence-corrected chi connectivity index (χ1v) is 8.75. The molecule has 0 saturated heterocycles. The number of nitrogens with zero attached hydrogens (tertiary/aromatic N) is 1. The van der Waals surface area contributed by atoms with Crippen LogP contribution in [0.25, 0.3) is 0 Å². The Balaban J connectivity index is 0.00000324. The lowest BCUT2D eigenvalue weighted by atomic mass is 10.2. The fraction of sp³-hybridized carbons (Fsp3) is 0.929. The van der Waals surface area contributed by atoms with Crippen LogP contribution in [0.3, 0.4) is 0 Å². The molecule has 1 aliphatic carbocycles. The number of rotatable bonds is 9. The molecule has 2 N–H and O–H groups in total. The van der Waals surface area contributed by atoms with Crippen molar-refractivity contribution in [3.05, 3.63) is 0 Å². The maximum atomic E-state index is 4.65. The predicted molar refractivity (Wildman–Crippen MR) is 98.9 cm³/mol. The van der Waals surface area contributed by atoms with Crippen LogP contribution in [0.5, 0.6) is 0 Å². The molecule has 1 saturated carbocycles. The molecule has 0 aromatic rings. The van der Waals surface area contributed by atoms with Crippen LogP contribution >= 0.6 is 35.7 Å². The standard InChI is InChI=1S/C14H29N3S.HI/c1-4-8-12-11-13(12)17-14(15-5-2)16-9-6-7-10-18-3;/h12-13H,4-11H2,1-3H3,(H2,15,16,17);1H. The van der Waals surface area contributed by atoms with E-state index in [0.717, 1.165) is 25.0 Å². The summed E-state index contributed by atoms with van der Waals surface area (Å²) in [5.74, 6) is 3.15. The van der Waals surface area contributed by atoms with E-state index in [1.165, 1.54) is 37.9 Å². The Bertz CT molecular complexity index is 249. The molecule has 114 valence electrons. The zero-order valence-corrected chi connectivity index (χ0v) is 15.7. The number of hydrogen-bond donors (Lipinski definition) is 2. The monoisotopic (exact) mass is 399 g/mol. The lowest BCUT2D eigenvalue weighted by molar-refractivity contribution is 0.654. The molecule has 0 radical (unpaired) electrons. The number of hydrogen-bond acceptors (Lipinski definition) is 2. The van der Waals surface area contributed by atoms with E-state index in [-0.39, 0.29) is 24.0 Å². The van der Waals surface area contributed by atoms with Crippen molar-refractivity contribution in [1.29, 1.82) is 0 Å². The minimum absolute atomic E-state index is 0. The van der Waals surface area contributed by atoms with Gasteiger partial charge < -0.3 is 10.6 Å². The van der Waals surface area contributed by atoms with E-state index in [1.807, 2.05) is 11.8 Å². The third-order valence-corrected chi connectivity index (χ3v) is 3.97. The Morgan fingerprint density at radius 3 is 2.74 bits per heavy atom. The zero-order chi connectivity index (χ0) is 13.2. The topological polar surface area (TPSA) is 36.4 Å². The van der Waals surface area contributed by atoms with Crippen molar-refractivity contribution in [2.75, 3.05) is 25.1 Å². The maximum Gasteiger partial charge on any atom is 0.191 e. The first-order chi connectivity index (χ1) is 8.81. The quantitative estimate of drug-likeness (QED) is 0.270. The van der Waals surface area contributed by atoms with Crippen molar-refractivity contribution >= 4 is 41.7 Å². The third kappa shape index (κ3) is 9.00. The van der Waals surface area contributed by atoms with E-state index in [1.54, 1.807) is 0 Å². The summed E-state index contributed by atoms with van der Waals surface area (Å²) in [5, 5.41) is 6.89. The number of thioether (sulfide) groups is 1. The SMILES string of the molecule is CCCC1CC1NC(=NCCCCSC)NCC.I. The second kappa shape index (κ2) is 12.1. The second-order valence-corrected chi connectivity index (χ2v) is 5.98. The second-order valence-electron chi connectivity index (χ2n) is 5.00. The van der Waals surface area contributed by atoms with Crippen molar-refractivity contribution in [2.45, 2.75) is 52.0 Å². The lowest BCUT2D eigenvalue weighted by Gasteiger charge is -2.11. The van der Waals surface area contributed by atoms with Gasteiger partial charge >= 0.3 is 0 Å². The third-order valence-electron chi connectivity index (χ3n) is 3.27. The van der Waals surface area contributed by atoms with Gasteiger partial charge in [0.15, 0.2) is 5.96 Å². The average molecular weight is 399 g/mol. The van der Waals surface area contributed by atoms with Crippen LogP contribution in [0.2, 0.25) is 0 Å². The molecule has 19 heavy (non-hydrogen) atoms. The van der Waals surface area contributed by atoms with Crippen LogP contribution in [-0.4, -0.2) is 37.1 Å². The van der Waals surface area contributed by atoms with Crippen molar-refractivity contribution < 1.29 is 0 Å². The Morgan fingerprint density at radius 2 is 2.11 bits per heavy atom. The van der Waals surface area contributed by atoms with Crippen molar-refractivity contribution in [2.24, 2.45) is 10.9 Å². The highest BCUT2D eigenvalue weighted by Crippen LogP contribution is 2.34. The van der Waals surface area contributed by atoms with Gasteiger partial charge in [-0.25, -0.2) is 0 Å². The Hall–Kier alpha value is 0.350. The Labute approximate surface area is 140 Å². The zero-order valence-electron chi connectivity index (χ0n) is 12.6. The summed E-state index contributed by atoms with van der Waals surface area (Å²) in [6.07, 6.45) is 8.60. The summed E-state index contributed by atoms with van der Waals surface area (Å²) < 4.78 is 0. The van der Waals surface area contributed by atoms with Gasteiger partial charge in [-0.1, -0.05) is 13.3 Å². The Morgan fingerprint density at radius 1 is 1.32 bits per heavy atom. The van der Waals surface area contributed by atoms with Crippen molar-refractivity contribution in [3.8, 4) is 0 Å². The van der Waals surface area contributed by atoms with E-state index in [2.05, 4.69) is 35.7 Å². The number of halogens is 1. The van der Waals surface area contributed by atoms with Crippen LogP contribution in [0.1, 0.15) is 46.0 Å². The van der Waals surface area contributed by atoms with Gasteiger partial charge in [0, 0.05) is 19.1 Å². The van der Waals surface area contributed by atoms with Crippen LogP contribution in [-0.2, 0) is 0 Å². The molecule has 0 aromatic heterocycles. The van der Waals surface area contributed by atoms with Gasteiger partial charge in [-0.05, 0) is 50.5 Å². The minimum Gasteiger partial charge on any atom is -0.357 e. The van der Waals surface area contributed by atoms with Crippen LogP contribution < -0.4 is 10.6 Å². The van der Waals surface area contributed by atoms with E-state index in [9.17, 15) is 0 Å². The van der Waals surface area contributed by atoms with Crippen LogP contribution in [0, 0.1) is 5.92 Å². The first kappa shape index (κ1) is 19.4. The number of nitrogens with one attached hydrogen (secondary N) is 2. The van der Waals surface area contributed by atoms with E-state index in [4.69, 9.17) is 0 Å². The maximum absolute atomic E-state index is 4.65. The summed E-state index contributed by atoms with van der Waals surface area (Å²) in [6.45, 7) is 6.28. The summed E-state index contributed by atoms with van der Waals surface area (Å²) >= 11 is 1.92. The molecule has 1 aliphatic rings. The summed E-state index contributed by atoms with van der Waals surface area (Å²) in [5.41, 5.74) is 0.